The Morgan fingerprint density at radius 3 is 2.88 bits per heavy atom. The topological polar surface area (TPSA) is 30.5 Å². The largest absolute Gasteiger partial charge is 0.487 e. The zero-order valence-corrected chi connectivity index (χ0v) is 10.0. The molecule has 1 fully saturated rings. The Hall–Kier alpha value is -1.06. The van der Waals surface area contributed by atoms with Gasteiger partial charge >= 0.3 is 0 Å². The zero-order valence-electron chi connectivity index (χ0n) is 10.0. The lowest BCUT2D eigenvalue weighted by molar-refractivity contribution is -0.00685. The molecule has 0 spiro atoms. The van der Waals surface area contributed by atoms with Crippen molar-refractivity contribution in [2.75, 3.05) is 19.7 Å². The summed E-state index contributed by atoms with van der Waals surface area (Å²) in [5.41, 5.74) is 1.31. The highest BCUT2D eigenvalue weighted by atomic mass is 16.5. The van der Waals surface area contributed by atoms with Gasteiger partial charge in [0.2, 0.25) is 0 Å². The fraction of sp³-hybridized carbons (Fsp3) is 0.571. The summed E-state index contributed by atoms with van der Waals surface area (Å²) < 4.78 is 11.8. The van der Waals surface area contributed by atoms with E-state index in [1.807, 2.05) is 12.1 Å². The molecule has 0 radical (unpaired) electrons. The number of piperidine rings is 1. The van der Waals surface area contributed by atoms with Crippen LogP contribution in [0.3, 0.4) is 0 Å². The summed E-state index contributed by atoms with van der Waals surface area (Å²) in [5.74, 6) is 1.03. The molecule has 1 saturated heterocycles. The van der Waals surface area contributed by atoms with Gasteiger partial charge in [-0.3, -0.25) is 0 Å². The Balaban J connectivity index is 1.48. The second kappa shape index (κ2) is 5.07. The van der Waals surface area contributed by atoms with E-state index in [-0.39, 0.29) is 6.10 Å². The van der Waals surface area contributed by atoms with E-state index < -0.39 is 0 Å². The molecular formula is C14H19NO2. The standard InChI is InChI=1S/C14H19NO2/c1-2-4-14-11(3-1)9-13(17-14)10-16-12-5-7-15-8-6-12/h1-4,12-13,15H,5-10H2. The minimum Gasteiger partial charge on any atom is -0.487 e. The molecule has 1 atom stereocenters. The Kier molecular flexibility index (Phi) is 3.29. The lowest BCUT2D eigenvalue weighted by Crippen LogP contribution is -2.34. The number of hydrogen-bond acceptors (Lipinski definition) is 3. The SMILES string of the molecule is c1ccc2c(c1)CC(COC1CCNCC1)O2. The first-order chi connectivity index (χ1) is 8.42. The molecule has 0 saturated carbocycles. The summed E-state index contributed by atoms with van der Waals surface area (Å²) in [6, 6.07) is 8.27. The Labute approximate surface area is 102 Å². The number of fused-ring (bicyclic) bond motifs is 1. The maximum absolute atomic E-state index is 5.93. The van der Waals surface area contributed by atoms with Gasteiger partial charge in [-0.1, -0.05) is 18.2 Å². The highest BCUT2D eigenvalue weighted by Gasteiger charge is 2.24. The predicted octanol–water partition coefficient (Wildman–Crippen LogP) is 1.76. The maximum atomic E-state index is 5.93. The first-order valence-corrected chi connectivity index (χ1v) is 6.49. The van der Waals surface area contributed by atoms with E-state index in [2.05, 4.69) is 17.4 Å². The molecular weight excluding hydrogens is 214 g/mol. The molecule has 1 aromatic rings. The molecule has 3 rings (SSSR count). The summed E-state index contributed by atoms with van der Waals surface area (Å²) in [4.78, 5) is 0. The van der Waals surface area contributed by atoms with E-state index in [1.54, 1.807) is 0 Å². The van der Waals surface area contributed by atoms with Crippen molar-refractivity contribution in [3.05, 3.63) is 29.8 Å². The molecule has 1 unspecified atom stereocenters. The zero-order chi connectivity index (χ0) is 11.5. The number of benzene rings is 1. The van der Waals surface area contributed by atoms with Crippen molar-refractivity contribution < 1.29 is 9.47 Å². The van der Waals surface area contributed by atoms with Crippen molar-refractivity contribution in [3.8, 4) is 5.75 Å². The van der Waals surface area contributed by atoms with Crippen LogP contribution in [0.25, 0.3) is 0 Å². The van der Waals surface area contributed by atoms with E-state index in [0.29, 0.717) is 6.10 Å². The number of ether oxygens (including phenoxy) is 2. The van der Waals surface area contributed by atoms with Crippen LogP contribution in [0, 0.1) is 0 Å². The molecule has 92 valence electrons. The average Bonchev–Trinajstić information content (AvgIpc) is 2.80. The molecule has 2 aliphatic heterocycles. The first kappa shape index (κ1) is 11.1. The van der Waals surface area contributed by atoms with Crippen molar-refractivity contribution >= 4 is 0 Å². The van der Waals surface area contributed by atoms with Gasteiger partial charge in [0.1, 0.15) is 11.9 Å². The number of rotatable bonds is 3. The molecule has 0 aliphatic carbocycles. The van der Waals surface area contributed by atoms with Crippen molar-refractivity contribution in [2.45, 2.75) is 31.5 Å². The van der Waals surface area contributed by atoms with Crippen molar-refractivity contribution in [1.29, 1.82) is 0 Å². The molecule has 2 aliphatic rings. The third kappa shape index (κ3) is 2.61. The predicted molar refractivity (Wildman–Crippen MR) is 66.4 cm³/mol. The van der Waals surface area contributed by atoms with Gasteiger partial charge in [0.25, 0.3) is 0 Å². The van der Waals surface area contributed by atoms with E-state index >= 15 is 0 Å². The van der Waals surface area contributed by atoms with Crippen molar-refractivity contribution in [2.24, 2.45) is 0 Å². The highest BCUT2D eigenvalue weighted by Crippen LogP contribution is 2.28. The van der Waals surface area contributed by atoms with Crippen LogP contribution in [0.1, 0.15) is 18.4 Å². The molecule has 3 heteroatoms. The van der Waals surface area contributed by atoms with Gasteiger partial charge in [0.05, 0.1) is 12.7 Å². The second-order valence-corrected chi connectivity index (χ2v) is 4.83. The van der Waals surface area contributed by atoms with Crippen molar-refractivity contribution in [1.82, 2.24) is 5.32 Å². The molecule has 0 bridgehead atoms. The van der Waals surface area contributed by atoms with Crippen LogP contribution in [-0.2, 0) is 11.2 Å². The smallest absolute Gasteiger partial charge is 0.126 e. The summed E-state index contributed by atoms with van der Waals surface area (Å²) in [7, 11) is 0. The van der Waals surface area contributed by atoms with Crippen LogP contribution < -0.4 is 10.1 Å². The van der Waals surface area contributed by atoms with Gasteiger partial charge in [-0.25, -0.2) is 0 Å². The Bertz CT molecular complexity index is 349. The van der Waals surface area contributed by atoms with E-state index in [0.717, 1.165) is 44.7 Å². The van der Waals surface area contributed by atoms with Crippen LogP contribution in [0.2, 0.25) is 0 Å². The van der Waals surface area contributed by atoms with Crippen LogP contribution in [0.15, 0.2) is 24.3 Å². The quantitative estimate of drug-likeness (QED) is 0.863. The Morgan fingerprint density at radius 1 is 1.24 bits per heavy atom. The third-order valence-electron chi connectivity index (χ3n) is 3.52. The van der Waals surface area contributed by atoms with Gasteiger partial charge in [0.15, 0.2) is 0 Å². The van der Waals surface area contributed by atoms with Crippen LogP contribution in [-0.4, -0.2) is 31.9 Å². The van der Waals surface area contributed by atoms with Gasteiger partial charge in [-0.15, -0.1) is 0 Å². The number of para-hydroxylation sites is 1. The van der Waals surface area contributed by atoms with Gasteiger partial charge in [0, 0.05) is 6.42 Å². The molecule has 17 heavy (non-hydrogen) atoms. The monoisotopic (exact) mass is 233 g/mol. The fourth-order valence-electron chi connectivity index (χ4n) is 2.55. The number of nitrogens with one attached hydrogen (secondary N) is 1. The fourth-order valence-corrected chi connectivity index (χ4v) is 2.55. The van der Waals surface area contributed by atoms with Crippen LogP contribution >= 0.6 is 0 Å². The molecule has 1 N–H and O–H groups in total. The summed E-state index contributed by atoms with van der Waals surface area (Å²) in [6.45, 7) is 2.88. The third-order valence-corrected chi connectivity index (χ3v) is 3.52. The minimum absolute atomic E-state index is 0.210. The minimum atomic E-state index is 0.210. The average molecular weight is 233 g/mol. The van der Waals surface area contributed by atoms with E-state index in [1.165, 1.54) is 5.56 Å². The summed E-state index contributed by atoms with van der Waals surface area (Å²) in [6.07, 6.45) is 3.87. The molecule has 0 aromatic heterocycles. The second-order valence-electron chi connectivity index (χ2n) is 4.83. The van der Waals surface area contributed by atoms with E-state index in [4.69, 9.17) is 9.47 Å². The molecule has 0 amide bonds. The Morgan fingerprint density at radius 2 is 2.06 bits per heavy atom. The van der Waals surface area contributed by atoms with E-state index in [9.17, 15) is 0 Å². The van der Waals surface area contributed by atoms with Gasteiger partial charge in [-0.2, -0.15) is 0 Å². The van der Waals surface area contributed by atoms with Gasteiger partial charge < -0.3 is 14.8 Å². The highest BCUT2D eigenvalue weighted by molar-refractivity contribution is 5.37. The van der Waals surface area contributed by atoms with Gasteiger partial charge in [-0.05, 0) is 37.6 Å². The molecule has 2 heterocycles. The molecule has 1 aromatic carbocycles. The van der Waals surface area contributed by atoms with Crippen LogP contribution in [0.5, 0.6) is 5.75 Å². The molecule has 3 nitrogen and oxygen atoms in total. The first-order valence-electron chi connectivity index (χ1n) is 6.49. The lowest BCUT2D eigenvalue weighted by Gasteiger charge is -2.24. The van der Waals surface area contributed by atoms with Crippen molar-refractivity contribution in [3.63, 3.8) is 0 Å². The summed E-state index contributed by atoms with van der Waals surface area (Å²) in [5, 5.41) is 3.35. The lowest BCUT2D eigenvalue weighted by atomic mass is 10.1. The van der Waals surface area contributed by atoms with Crippen LogP contribution in [0.4, 0.5) is 0 Å². The summed E-state index contributed by atoms with van der Waals surface area (Å²) >= 11 is 0. The normalized spacial score (nSPS) is 24.4. The number of hydrogen-bond donors (Lipinski definition) is 1. The maximum Gasteiger partial charge on any atom is 0.126 e.